The molecule has 0 atom stereocenters. The molecule has 0 bridgehead atoms. The third-order valence-electron chi connectivity index (χ3n) is 1.80. The highest BCUT2D eigenvalue weighted by Gasteiger charge is 2.04. The van der Waals surface area contributed by atoms with E-state index in [-0.39, 0.29) is 5.56 Å². The number of hydrogen-bond donors (Lipinski definition) is 3. The Hall–Kier alpha value is -1.38. The lowest BCUT2D eigenvalue weighted by Gasteiger charge is -2.04. The van der Waals surface area contributed by atoms with Crippen LogP contribution in [0.1, 0.15) is 5.69 Å². The Morgan fingerprint density at radius 2 is 2.27 bits per heavy atom. The first-order valence-electron chi connectivity index (χ1n) is 4.21. The van der Waals surface area contributed by atoms with Crippen molar-refractivity contribution in [3.05, 3.63) is 38.5 Å². The molecule has 2 aromatic rings. The summed E-state index contributed by atoms with van der Waals surface area (Å²) in [6.45, 7) is 0.562. The molecule has 15 heavy (non-hydrogen) atoms. The summed E-state index contributed by atoms with van der Waals surface area (Å²) in [7, 11) is 0. The molecule has 7 heteroatoms. The molecule has 0 saturated carbocycles. The summed E-state index contributed by atoms with van der Waals surface area (Å²) in [5.41, 5.74) is 0.797. The molecular weight excluding hydrogens is 309 g/mol. The standard InChI is InChI=1S/C8H8IN5O/c9-6-7(13-4-14-8(6)15)11-2-5-1-10-3-12-5/h1,3-4H,2H2,(H,10,12)(H2,11,13,14,15). The number of aromatic amines is 2. The summed E-state index contributed by atoms with van der Waals surface area (Å²) in [5, 5.41) is 3.05. The summed E-state index contributed by atoms with van der Waals surface area (Å²) < 4.78 is 0.551. The van der Waals surface area contributed by atoms with Gasteiger partial charge in [-0.05, 0) is 22.6 Å². The van der Waals surface area contributed by atoms with Gasteiger partial charge in [0, 0.05) is 6.20 Å². The van der Waals surface area contributed by atoms with Gasteiger partial charge in [-0.3, -0.25) is 4.79 Å². The molecule has 0 aliphatic carbocycles. The molecule has 0 fully saturated rings. The Bertz CT molecular complexity index is 492. The second-order valence-electron chi connectivity index (χ2n) is 2.82. The smallest absolute Gasteiger partial charge is 0.266 e. The van der Waals surface area contributed by atoms with E-state index in [1.807, 2.05) is 22.6 Å². The molecule has 78 valence electrons. The van der Waals surface area contributed by atoms with E-state index in [2.05, 4.69) is 25.3 Å². The van der Waals surface area contributed by atoms with Crippen LogP contribution in [0, 0.1) is 3.57 Å². The van der Waals surface area contributed by atoms with Crippen molar-refractivity contribution in [1.82, 2.24) is 19.9 Å². The van der Waals surface area contributed by atoms with E-state index < -0.39 is 0 Å². The molecule has 0 spiro atoms. The van der Waals surface area contributed by atoms with E-state index >= 15 is 0 Å². The van der Waals surface area contributed by atoms with Crippen LogP contribution in [-0.4, -0.2) is 19.9 Å². The van der Waals surface area contributed by atoms with Gasteiger partial charge in [0.1, 0.15) is 9.39 Å². The molecule has 6 nitrogen and oxygen atoms in total. The monoisotopic (exact) mass is 317 g/mol. The molecule has 0 saturated heterocycles. The third kappa shape index (κ3) is 2.35. The first-order chi connectivity index (χ1) is 7.27. The van der Waals surface area contributed by atoms with Crippen molar-refractivity contribution in [3.63, 3.8) is 0 Å². The Balaban J connectivity index is 2.12. The maximum Gasteiger partial charge on any atom is 0.266 e. The zero-order chi connectivity index (χ0) is 10.7. The average molecular weight is 317 g/mol. The molecule has 0 aromatic carbocycles. The molecule has 2 rings (SSSR count). The number of halogens is 1. The van der Waals surface area contributed by atoms with Gasteiger partial charge in [-0.2, -0.15) is 0 Å². The summed E-state index contributed by atoms with van der Waals surface area (Å²) >= 11 is 1.95. The fourth-order valence-electron chi connectivity index (χ4n) is 1.07. The Kier molecular flexibility index (Phi) is 2.99. The fourth-order valence-corrected chi connectivity index (χ4v) is 1.55. The summed E-state index contributed by atoms with van der Waals surface area (Å²) in [6, 6.07) is 0. The number of imidazole rings is 1. The minimum Gasteiger partial charge on any atom is -0.363 e. The van der Waals surface area contributed by atoms with Crippen LogP contribution < -0.4 is 10.9 Å². The van der Waals surface area contributed by atoms with Crippen molar-refractivity contribution in [2.24, 2.45) is 0 Å². The lowest BCUT2D eigenvalue weighted by molar-refractivity contribution is 1.02. The van der Waals surface area contributed by atoms with Gasteiger partial charge in [0.05, 0.1) is 24.9 Å². The summed E-state index contributed by atoms with van der Waals surface area (Å²) in [4.78, 5) is 24.6. The number of anilines is 1. The third-order valence-corrected chi connectivity index (χ3v) is 2.80. The van der Waals surface area contributed by atoms with Gasteiger partial charge >= 0.3 is 0 Å². The molecule has 2 aromatic heterocycles. The SMILES string of the molecule is O=c1[nH]cnc(NCc2cnc[nH]2)c1I. The van der Waals surface area contributed by atoms with Crippen LogP contribution >= 0.6 is 22.6 Å². The van der Waals surface area contributed by atoms with Gasteiger partial charge in [0.2, 0.25) is 0 Å². The molecule has 0 unspecified atom stereocenters. The topological polar surface area (TPSA) is 86.5 Å². The van der Waals surface area contributed by atoms with E-state index in [1.165, 1.54) is 6.33 Å². The summed E-state index contributed by atoms with van der Waals surface area (Å²) in [6.07, 6.45) is 4.69. The van der Waals surface area contributed by atoms with E-state index in [0.717, 1.165) is 5.69 Å². The number of aromatic nitrogens is 4. The van der Waals surface area contributed by atoms with Gasteiger partial charge in [0.15, 0.2) is 0 Å². The number of hydrogen-bond acceptors (Lipinski definition) is 4. The zero-order valence-electron chi connectivity index (χ0n) is 7.62. The van der Waals surface area contributed by atoms with Gasteiger partial charge in [-0.1, -0.05) is 0 Å². The van der Waals surface area contributed by atoms with Crippen molar-refractivity contribution >= 4 is 28.4 Å². The van der Waals surface area contributed by atoms with Crippen LogP contribution in [0.5, 0.6) is 0 Å². The van der Waals surface area contributed by atoms with Crippen LogP contribution in [0.25, 0.3) is 0 Å². The van der Waals surface area contributed by atoms with E-state index in [9.17, 15) is 4.79 Å². The van der Waals surface area contributed by atoms with E-state index in [0.29, 0.717) is 15.9 Å². The normalized spacial score (nSPS) is 10.2. The maximum absolute atomic E-state index is 11.2. The molecule has 0 aliphatic heterocycles. The first kappa shape index (κ1) is 10.1. The lowest BCUT2D eigenvalue weighted by atomic mass is 10.4. The highest BCUT2D eigenvalue weighted by atomic mass is 127. The van der Waals surface area contributed by atoms with Crippen LogP contribution in [-0.2, 0) is 6.54 Å². The predicted octanol–water partition coefficient (Wildman–Crippen LogP) is 0.710. The minimum absolute atomic E-state index is 0.141. The summed E-state index contributed by atoms with van der Waals surface area (Å²) in [5.74, 6) is 0.578. The fraction of sp³-hybridized carbons (Fsp3) is 0.125. The molecule has 0 radical (unpaired) electrons. The predicted molar refractivity (Wildman–Crippen MR) is 63.5 cm³/mol. The Morgan fingerprint density at radius 3 is 3.00 bits per heavy atom. The zero-order valence-corrected chi connectivity index (χ0v) is 9.78. The molecule has 2 heterocycles. The first-order valence-corrected chi connectivity index (χ1v) is 5.29. The van der Waals surface area contributed by atoms with Crippen molar-refractivity contribution in [1.29, 1.82) is 0 Å². The highest BCUT2D eigenvalue weighted by Crippen LogP contribution is 2.09. The van der Waals surface area contributed by atoms with Gasteiger partial charge in [-0.25, -0.2) is 9.97 Å². The molecule has 0 amide bonds. The number of rotatable bonds is 3. The molecule has 0 aliphatic rings. The van der Waals surface area contributed by atoms with Crippen LogP contribution in [0.3, 0.4) is 0 Å². The Morgan fingerprint density at radius 1 is 1.40 bits per heavy atom. The number of H-pyrrole nitrogens is 2. The second kappa shape index (κ2) is 4.43. The minimum atomic E-state index is -0.141. The average Bonchev–Trinajstić information content (AvgIpc) is 2.73. The quantitative estimate of drug-likeness (QED) is 0.728. The van der Waals surface area contributed by atoms with Crippen molar-refractivity contribution in [2.75, 3.05) is 5.32 Å². The Labute approximate surface area is 98.7 Å². The number of nitrogens with zero attached hydrogens (tertiary/aromatic N) is 2. The highest BCUT2D eigenvalue weighted by molar-refractivity contribution is 14.1. The van der Waals surface area contributed by atoms with Gasteiger partial charge in [0.25, 0.3) is 5.56 Å². The second-order valence-corrected chi connectivity index (χ2v) is 3.90. The van der Waals surface area contributed by atoms with Crippen molar-refractivity contribution in [2.45, 2.75) is 6.54 Å². The van der Waals surface area contributed by atoms with Crippen molar-refractivity contribution in [3.8, 4) is 0 Å². The lowest BCUT2D eigenvalue weighted by Crippen LogP contribution is -2.14. The molecular formula is C8H8IN5O. The molecule has 3 N–H and O–H groups in total. The van der Waals surface area contributed by atoms with Gasteiger partial charge < -0.3 is 15.3 Å². The van der Waals surface area contributed by atoms with E-state index in [1.54, 1.807) is 12.5 Å². The van der Waals surface area contributed by atoms with Crippen LogP contribution in [0.4, 0.5) is 5.82 Å². The van der Waals surface area contributed by atoms with Crippen molar-refractivity contribution < 1.29 is 0 Å². The van der Waals surface area contributed by atoms with Crippen LogP contribution in [0.2, 0.25) is 0 Å². The maximum atomic E-state index is 11.2. The number of nitrogens with one attached hydrogen (secondary N) is 3. The van der Waals surface area contributed by atoms with E-state index in [4.69, 9.17) is 0 Å². The van der Waals surface area contributed by atoms with Crippen LogP contribution in [0.15, 0.2) is 23.6 Å². The largest absolute Gasteiger partial charge is 0.363 e. The van der Waals surface area contributed by atoms with Gasteiger partial charge in [-0.15, -0.1) is 0 Å².